The number of nitrogens with zero attached hydrogens (tertiary/aromatic N) is 1. The van der Waals surface area contributed by atoms with Crippen LogP contribution in [0.15, 0.2) is 18.2 Å². The van der Waals surface area contributed by atoms with Crippen LogP contribution in [0.25, 0.3) is 0 Å². The van der Waals surface area contributed by atoms with Gasteiger partial charge in [0.1, 0.15) is 5.82 Å². The van der Waals surface area contributed by atoms with Gasteiger partial charge in [0.15, 0.2) is 0 Å². The zero-order valence-electron chi connectivity index (χ0n) is 8.55. The van der Waals surface area contributed by atoms with E-state index in [-0.39, 0.29) is 5.82 Å². The van der Waals surface area contributed by atoms with Gasteiger partial charge in [0.2, 0.25) is 0 Å². The van der Waals surface area contributed by atoms with Gasteiger partial charge in [0.25, 0.3) is 0 Å². The molecule has 2 rings (SSSR count). The summed E-state index contributed by atoms with van der Waals surface area (Å²) in [7, 11) is 0. The third-order valence-electron chi connectivity index (χ3n) is 2.55. The first-order chi connectivity index (χ1) is 6.48. The first-order valence-corrected chi connectivity index (χ1v) is 4.78. The van der Waals surface area contributed by atoms with Crippen molar-refractivity contribution in [2.24, 2.45) is 5.41 Å². The molecule has 76 valence electrons. The molecule has 0 bridgehead atoms. The lowest BCUT2D eigenvalue weighted by atomic mass is 9.84. The van der Waals surface area contributed by atoms with Crippen molar-refractivity contribution in [2.75, 3.05) is 23.7 Å². The summed E-state index contributed by atoms with van der Waals surface area (Å²) in [6, 6.07) is 4.71. The van der Waals surface area contributed by atoms with Crippen LogP contribution >= 0.6 is 0 Å². The molecule has 0 amide bonds. The minimum atomic E-state index is -0.185. The average molecular weight is 194 g/mol. The van der Waals surface area contributed by atoms with E-state index < -0.39 is 0 Å². The lowest BCUT2D eigenvalue weighted by Crippen LogP contribution is -2.53. The predicted octanol–water partition coefficient (Wildman–Crippen LogP) is 2.25. The van der Waals surface area contributed by atoms with Gasteiger partial charge in [0.05, 0.1) is 5.69 Å². The van der Waals surface area contributed by atoms with Crippen molar-refractivity contribution in [3.8, 4) is 0 Å². The average Bonchev–Trinajstić information content (AvgIpc) is 2.05. The normalized spacial score (nSPS) is 19.2. The third kappa shape index (κ3) is 1.54. The maximum absolute atomic E-state index is 13.4. The second-order valence-electron chi connectivity index (χ2n) is 4.73. The van der Waals surface area contributed by atoms with Gasteiger partial charge in [0, 0.05) is 18.8 Å². The molecule has 2 N–H and O–H groups in total. The molecule has 1 saturated heterocycles. The smallest absolute Gasteiger partial charge is 0.146 e. The molecular formula is C11H15FN2. The Morgan fingerprint density at radius 1 is 1.36 bits per heavy atom. The molecular weight excluding hydrogens is 179 g/mol. The van der Waals surface area contributed by atoms with Gasteiger partial charge in [-0.1, -0.05) is 13.8 Å². The van der Waals surface area contributed by atoms with Crippen molar-refractivity contribution >= 4 is 11.4 Å². The Balaban J connectivity index is 2.22. The van der Waals surface area contributed by atoms with Crippen LogP contribution in [0.1, 0.15) is 13.8 Å². The highest BCUT2D eigenvalue weighted by Gasteiger charge is 2.35. The molecule has 3 heteroatoms. The molecule has 14 heavy (non-hydrogen) atoms. The van der Waals surface area contributed by atoms with Crippen LogP contribution in [0.5, 0.6) is 0 Å². The highest BCUT2D eigenvalue weighted by molar-refractivity contribution is 5.58. The van der Waals surface area contributed by atoms with Crippen molar-refractivity contribution in [3.63, 3.8) is 0 Å². The molecule has 0 unspecified atom stereocenters. The quantitative estimate of drug-likeness (QED) is 0.695. The van der Waals surface area contributed by atoms with Crippen molar-refractivity contribution < 1.29 is 4.39 Å². The summed E-state index contributed by atoms with van der Waals surface area (Å²) in [4.78, 5) is 2.02. The van der Waals surface area contributed by atoms with Crippen LogP contribution in [0.4, 0.5) is 15.8 Å². The van der Waals surface area contributed by atoms with E-state index in [0.717, 1.165) is 13.1 Å². The van der Waals surface area contributed by atoms with E-state index in [1.165, 1.54) is 6.07 Å². The number of rotatable bonds is 1. The summed E-state index contributed by atoms with van der Waals surface area (Å²) >= 11 is 0. The Bertz CT molecular complexity index is 352. The van der Waals surface area contributed by atoms with Gasteiger partial charge in [-0.25, -0.2) is 4.39 Å². The summed E-state index contributed by atoms with van der Waals surface area (Å²) < 4.78 is 13.4. The second kappa shape index (κ2) is 2.87. The first-order valence-electron chi connectivity index (χ1n) is 4.78. The SMILES string of the molecule is CC1(C)CN(c2cc(N)ccc2F)C1. The van der Waals surface area contributed by atoms with Gasteiger partial charge in [-0.15, -0.1) is 0 Å². The lowest BCUT2D eigenvalue weighted by Gasteiger charge is -2.47. The first kappa shape index (κ1) is 9.31. The molecule has 1 fully saturated rings. The highest BCUT2D eigenvalue weighted by Crippen LogP contribution is 2.35. The fraction of sp³-hybridized carbons (Fsp3) is 0.455. The summed E-state index contributed by atoms with van der Waals surface area (Å²) in [5.74, 6) is -0.185. The van der Waals surface area contributed by atoms with E-state index in [1.807, 2.05) is 4.90 Å². The Hall–Kier alpha value is -1.25. The minimum absolute atomic E-state index is 0.185. The number of hydrogen-bond acceptors (Lipinski definition) is 2. The van der Waals surface area contributed by atoms with Crippen LogP contribution in [0.2, 0.25) is 0 Å². The summed E-state index contributed by atoms with van der Waals surface area (Å²) in [6.45, 7) is 6.14. The standard InChI is InChI=1S/C11H15FN2/c1-11(2)6-14(7-11)10-5-8(13)3-4-9(10)12/h3-5H,6-7,13H2,1-2H3. The maximum atomic E-state index is 13.4. The molecule has 1 aromatic carbocycles. The predicted molar refractivity (Wildman–Crippen MR) is 56.8 cm³/mol. The van der Waals surface area contributed by atoms with Crippen LogP contribution in [-0.4, -0.2) is 13.1 Å². The van der Waals surface area contributed by atoms with Crippen LogP contribution in [0.3, 0.4) is 0 Å². The molecule has 0 aliphatic carbocycles. The van der Waals surface area contributed by atoms with E-state index >= 15 is 0 Å². The van der Waals surface area contributed by atoms with E-state index in [1.54, 1.807) is 12.1 Å². The highest BCUT2D eigenvalue weighted by atomic mass is 19.1. The van der Waals surface area contributed by atoms with Gasteiger partial charge >= 0.3 is 0 Å². The molecule has 1 aliphatic heterocycles. The third-order valence-corrected chi connectivity index (χ3v) is 2.55. The molecule has 0 radical (unpaired) electrons. The van der Waals surface area contributed by atoms with Crippen molar-refractivity contribution in [1.82, 2.24) is 0 Å². The molecule has 0 spiro atoms. The number of hydrogen-bond donors (Lipinski definition) is 1. The number of nitrogen functional groups attached to an aromatic ring is 1. The van der Waals surface area contributed by atoms with E-state index in [2.05, 4.69) is 13.8 Å². The van der Waals surface area contributed by atoms with Gasteiger partial charge in [-0.2, -0.15) is 0 Å². The van der Waals surface area contributed by atoms with Gasteiger partial charge < -0.3 is 10.6 Å². The summed E-state index contributed by atoms with van der Waals surface area (Å²) in [6.07, 6.45) is 0. The van der Waals surface area contributed by atoms with Crippen molar-refractivity contribution in [1.29, 1.82) is 0 Å². The zero-order valence-corrected chi connectivity index (χ0v) is 8.55. The molecule has 0 atom stereocenters. The zero-order chi connectivity index (χ0) is 10.3. The fourth-order valence-corrected chi connectivity index (χ4v) is 1.93. The number of anilines is 2. The van der Waals surface area contributed by atoms with Gasteiger partial charge in [-0.3, -0.25) is 0 Å². The minimum Gasteiger partial charge on any atom is -0.399 e. The van der Waals surface area contributed by atoms with Crippen LogP contribution < -0.4 is 10.6 Å². The van der Waals surface area contributed by atoms with Crippen molar-refractivity contribution in [2.45, 2.75) is 13.8 Å². The van der Waals surface area contributed by atoms with E-state index in [0.29, 0.717) is 16.8 Å². The summed E-state index contributed by atoms with van der Waals surface area (Å²) in [5, 5.41) is 0. The van der Waals surface area contributed by atoms with E-state index in [9.17, 15) is 4.39 Å². The van der Waals surface area contributed by atoms with Crippen LogP contribution in [-0.2, 0) is 0 Å². The molecule has 1 aliphatic rings. The number of nitrogens with two attached hydrogens (primary N) is 1. The maximum Gasteiger partial charge on any atom is 0.146 e. The second-order valence-corrected chi connectivity index (χ2v) is 4.73. The Labute approximate surface area is 83.5 Å². The van der Waals surface area contributed by atoms with Crippen molar-refractivity contribution in [3.05, 3.63) is 24.0 Å². The topological polar surface area (TPSA) is 29.3 Å². The lowest BCUT2D eigenvalue weighted by molar-refractivity contribution is 0.274. The van der Waals surface area contributed by atoms with Crippen LogP contribution in [0, 0.1) is 11.2 Å². The molecule has 2 nitrogen and oxygen atoms in total. The largest absolute Gasteiger partial charge is 0.399 e. The van der Waals surface area contributed by atoms with E-state index in [4.69, 9.17) is 5.73 Å². The van der Waals surface area contributed by atoms with Gasteiger partial charge in [-0.05, 0) is 23.6 Å². The Morgan fingerprint density at radius 3 is 2.57 bits per heavy atom. The Kier molecular flexibility index (Phi) is 1.91. The molecule has 1 heterocycles. The fourth-order valence-electron chi connectivity index (χ4n) is 1.93. The molecule has 1 aromatic rings. The molecule has 0 aromatic heterocycles. The summed E-state index contributed by atoms with van der Waals surface area (Å²) in [5.41, 5.74) is 7.17. The monoisotopic (exact) mass is 194 g/mol. The Morgan fingerprint density at radius 2 is 2.00 bits per heavy atom. The number of halogens is 1. The number of benzene rings is 1. The molecule has 0 saturated carbocycles.